The summed E-state index contributed by atoms with van der Waals surface area (Å²) in [5.41, 5.74) is 14.6. The van der Waals surface area contributed by atoms with Gasteiger partial charge in [-0.25, -0.2) is 0 Å². The summed E-state index contributed by atoms with van der Waals surface area (Å²) < 4.78 is 7.65. The van der Waals surface area contributed by atoms with Crippen molar-refractivity contribution in [2.45, 2.75) is 5.41 Å². The third kappa shape index (κ3) is 4.44. The molecule has 0 radical (unpaired) electrons. The summed E-state index contributed by atoms with van der Waals surface area (Å²) in [6.07, 6.45) is 3.77. The molecule has 0 bridgehead atoms. The Hall–Kier alpha value is -7.88. The highest BCUT2D eigenvalue weighted by Crippen LogP contribution is 2.58. The number of pyridine rings is 2. The van der Waals surface area contributed by atoms with Crippen LogP contribution >= 0.6 is 0 Å². The highest BCUT2D eigenvalue weighted by molar-refractivity contribution is 6.25. The maximum Gasteiger partial charge on any atom is 0.143 e. The molecule has 60 heavy (non-hydrogen) atoms. The number of rotatable bonds is 4. The number of benzene rings is 9. The topological polar surface area (TPSA) is 38.9 Å². The van der Waals surface area contributed by atoms with E-state index < -0.39 is 5.41 Å². The van der Waals surface area contributed by atoms with Crippen LogP contribution in [0.1, 0.15) is 22.3 Å². The van der Waals surface area contributed by atoms with E-state index in [0.29, 0.717) is 0 Å². The predicted molar refractivity (Wildman–Crippen MR) is 248 cm³/mol. The minimum atomic E-state index is -0.678. The number of nitrogens with zero attached hydrogens (tertiary/aromatic N) is 2. The van der Waals surface area contributed by atoms with Crippen molar-refractivity contribution >= 4 is 65.3 Å². The highest BCUT2D eigenvalue weighted by atomic mass is 16.3. The third-order valence-electron chi connectivity index (χ3n) is 13.0. The Morgan fingerprint density at radius 3 is 1.42 bits per heavy atom. The van der Waals surface area contributed by atoms with Crippen molar-refractivity contribution < 1.29 is 4.42 Å². The average Bonchev–Trinajstić information content (AvgIpc) is 3.68. The van der Waals surface area contributed by atoms with E-state index in [4.69, 9.17) is 14.4 Å². The molecule has 0 amide bonds. The van der Waals surface area contributed by atoms with Crippen molar-refractivity contribution in [1.82, 2.24) is 9.97 Å². The van der Waals surface area contributed by atoms with Gasteiger partial charge < -0.3 is 4.42 Å². The highest BCUT2D eigenvalue weighted by Gasteiger charge is 2.44. The Balaban J connectivity index is 1.26. The minimum absolute atomic E-state index is 0.678. The van der Waals surface area contributed by atoms with Crippen LogP contribution in [0.15, 0.2) is 211 Å². The van der Waals surface area contributed by atoms with E-state index in [2.05, 4.69) is 182 Å². The normalized spacial score (nSPS) is 13.1. The van der Waals surface area contributed by atoms with Crippen molar-refractivity contribution in [1.29, 1.82) is 0 Å². The summed E-state index contributed by atoms with van der Waals surface area (Å²) in [6, 6.07) is 70.7. The van der Waals surface area contributed by atoms with E-state index in [0.717, 1.165) is 93.1 Å². The van der Waals surface area contributed by atoms with Gasteiger partial charge in [-0.3, -0.25) is 9.97 Å². The van der Waals surface area contributed by atoms with Gasteiger partial charge in [0.25, 0.3) is 0 Å². The van der Waals surface area contributed by atoms with Crippen LogP contribution in [0.5, 0.6) is 0 Å². The second kappa shape index (κ2) is 12.6. The molecule has 1 aliphatic carbocycles. The van der Waals surface area contributed by atoms with Crippen molar-refractivity contribution in [3.8, 4) is 33.4 Å². The van der Waals surface area contributed by atoms with E-state index in [1.54, 1.807) is 0 Å². The number of hydrogen-bond donors (Lipinski definition) is 0. The fourth-order valence-electron chi connectivity index (χ4n) is 10.6. The monoisotopic (exact) mass is 762 g/mol. The summed E-state index contributed by atoms with van der Waals surface area (Å²) in [4.78, 5) is 9.71. The van der Waals surface area contributed by atoms with Crippen LogP contribution in [0, 0.1) is 0 Å². The molecule has 9 aromatic carbocycles. The lowest BCUT2D eigenvalue weighted by Crippen LogP contribution is -2.31. The fraction of sp³-hybridized carbons (Fsp3) is 0.0175. The van der Waals surface area contributed by atoms with Gasteiger partial charge in [0.15, 0.2) is 0 Å². The summed E-state index contributed by atoms with van der Waals surface area (Å²) >= 11 is 0. The van der Waals surface area contributed by atoms with Crippen LogP contribution in [0.25, 0.3) is 98.7 Å². The molecule has 0 unspecified atom stereocenters. The summed E-state index contributed by atoms with van der Waals surface area (Å²) in [6.45, 7) is 0. The molecule has 3 nitrogen and oxygen atoms in total. The van der Waals surface area contributed by atoms with Gasteiger partial charge in [0.05, 0.1) is 16.4 Å². The first-order valence-electron chi connectivity index (χ1n) is 20.6. The predicted octanol–water partition coefficient (Wildman–Crippen LogP) is 14.7. The molecule has 0 saturated carbocycles. The lowest BCUT2D eigenvalue weighted by atomic mass is 9.63. The molecule has 12 aromatic rings. The minimum Gasteiger partial charge on any atom is -0.455 e. The van der Waals surface area contributed by atoms with E-state index in [1.807, 2.05) is 24.5 Å². The smallest absolute Gasteiger partial charge is 0.143 e. The van der Waals surface area contributed by atoms with Crippen LogP contribution in [-0.4, -0.2) is 9.97 Å². The maximum atomic E-state index is 7.65. The Bertz CT molecular complexity index is 3680. The SMILES string of the molecule is c1ccc(C2(c3ccccc3)c3ccccc3-c3ccc(-c4cc5cccnc5c5ccccc45)c4oc5c(-c6cc7cccnc7c7ccccc67)ccc2c5c34)cc1. The van der Waals surface area contributed by atoms with Crippen LogP contribution in [0.2, 0.25) is 0 Å². The summed E-state index contributed by atoms with van der Waals surface area (Å²) in [5, 5.41) is 8.98. The third-order valence-corrected chi connectivity index (χ3v) is 13.0. The van der Waals surface area contributed by atoms with Crippen LogP contribution in [0.4, 0.5) is 0 Å². The molecule has 13 rings (SSSR count). The number of fused-ring (bicyclic) bond motifs is 8. The van der Waals surface area contributed by atoms with E-state index in [-0.39, 0.29) is 0 Å². The molecule has 0 saturated heterocycles. The summed E-state index contributed by atoms with van der Waals surface area (Å²) in [7, 11) is 0. The van der Waals surface area contributed by atoms with Crippen molar-refractivity contribution in [2.24, 2.45) is 0 Å². The standard InChI is InChI=1S/C57H34N2O/c1-3-17-37(18-4-1)57(38-19-5-2-6-20-38)49-26-12-11-23-41(49)42-27-28-45(47-33-35-15-13-31-58-53(35)43-24-9-7-21-39(43)47)55-51(42)52-50(57)30-29-46(56(52)60-55)48-34-36-16-14-32-59-54(36)44-25-10-8-22-40(44)48/h1-34H. The van der Waals surface area contributed by atoms with Crippen molar-refractivity contribution in [2.75, 3.05) is 0 Å². The van der Waals surface area contributed by atoms with Gasteiger partial charge in [-0.15, -0.1) is 0 Å². The molecule has 0 fully saturated rings. The molecule has 0 N–H and O–H groups in total. The van der Waals surface area contributed by atoms with E-state index in [1.165, 1.54) is 27.8 Å². The average molecular weight is 763 g/mol. The van der Waals surface area contributed by atoms with Crippen LogP contribution < -0.4 is 0 Å². The largest absolute Gasteiger partial charge is 0.455 e. The molecule has 278 valence electrons. The number of furan rings is 1. The number of hydrogen-bond acceptors (Lipinski definition) is 3. The molecule has 0 aliphatic heterocycles. The van der Waals surface area contributed by atoms with E-state index >= 15 is 0 Å². The van der Waals surface area contributed by atoms with E-state index in [9.17, 15) is 0 Å². The molecule has 3 aromatic heterocycles. The molecule has 0 atom stereocenters. The quantitative estimate of drug-likeness (QED) is 0.168. The van der Waals surface area contributed by atoms with Gasteiger partial charge in [-0.1, -0.05) is 164 Å². The summed E-state index contributed by atoms with van der Waals surface area (Å²) in [5.74, 6) is 0. The Morgan fingerprint density at radius 2 is 0.817 bits per heavy atom. The first-order chi connectivity index (χ1) is 29.8. The van der Waals surface area contributed by atoms with Gasteiger partial charge in [-0.05, 0) is 85.6 Å². The van der Waals surface area contributed by atoms with Crippen LogP contribution in [0.3, 0.4) is 0 Å². The Labute approximate surface area is 345 Å². The zero-order valence-corrected chi connectivity index (χ0v) is 32.4. The molecule has 3 heterocycles. The maximum absolute atomic E-state index is 7.65. The fourth-order valence-corrected chi connectivity index (χ4v) is 10.6. The first kappa shape index (κ1) is 33.1. The van der Waals surface area contributed by atoms with Gasteiger partial charge in [-0.2, -0.15) is 0 Å². The molecular formula is C57H34N2O. The lowest BCUT2D eigenvalue weighted by Gasteiger charge is -2.38. The Kier molecular flexibility index (Phi) is 6.93. The second-order valence-corrected chi connectivity index (χ2v) is 15.9. The second-order valence-electron chi connectivity index (χ2n) is 15.9. The molecule has 1 aliphatic rings. The van der Waals surface area contributed by atoms with Gasteiger partial charge in [0, 0.05) is 55.8 Å². The zero-order chi connectivity index (χ0) is 39.4. The molecule has 0 spiro atoms. The van der Waals surface area contributed by atoms with Crippen molar-refractivity contribution in [3.05, 3.63) is 229 Å². The first-order valence-corrected chi connectivity index (χ1v) is 20.6. The zero-order valence-electron chi connectivity index (χ0n) is 32.4. The van der Waals surface area contributed by atoms with Gasteiger partial charge >= 0.3 is 0 Å². The molecule has 3 heteroatoms. The lowest BCUT2D eigenvalue weighted by molar-refractivity contribution is 0.669. The van der Waals surface area contributed by atoms with Gasteiger partial charge in [0.1, 0.15) is 11.2 Å². The molecular weight excluding hydrogens is 729 g/mol. The van der Waals surface area contributed by atoms with Crippen molar-refractivity contribution in [3.63, 3.8) is 0 Å². The number of aromatic nitrogens is 2. The Morgan fingerprint density at radius 1 is 0.333 bits per heavy atom. The van der Waals surface area contributed by atoms with Gasteiger partial charge in [0.2, 0.25) is 0 Å². The van der Waals surface area contributed by atoms with Crippen LogP contribution in [-0.2, 0) is 5.41 Å².